The van der Waals surface area contributed by atoms with Gasteiger partial charge in [-0.3, -0.25) is 4.79 Å². The second-order valence-electron chi connectivity index (χ2n) is 3.69. The van der Waals surface area contributed by atoms with Crippen molar-refractivity contribution in [1.29, 1.82) is 0 Å². The summed E-state index contributed by atoms with van der Waals surface area (Å²) in [6.45, 7) is 1.34. The molecule has 2 rings (SSSR count). The van der Waals surface area contributed by atoms with E-state index in [9.17, 15) is 4.79 Å². The molecular formula is C13H13NO3. The third kappa shape index (κ3) is 2.73. The second-order valence-corrected chi connectivity index (χ2v) is 3.69. The lowest BCUT2D eigenvalue weighted by atomic mass is 10.1. The highest BCUT2D eigenvalue weighted by atomic mass is 16.4. The van der Waals surface area contributed by atoms with E-state index in [1.54, 1.807) is 18.2 Å². The first-order valence-corrected chi connectivity index (χ1v) is 5.26. The van der Waals surface area contributed by atoms with Crippen LogP contribution in [0, 0.1) is 0 Å². The van der Waals surface area contributed by atoms with Crippen molar-refractivity contribution in [2.45, 2.75) is 13.5 Å². The molecule has 4 nitrogen and oxygen atoms in total. The molecule has 88 valence electrons. The molecule has 0 radical (unpaired) electrons. The Hall–Kier alpha value is -2.07. The van der Waals surface area contributed by atoms with Crippen molar-refractivity contribution in [3.8, 4) is 11.3 Å². The molecule has 0 aliphatic carbocycles. The van der Waals surface area contributed by atoms with Crippen LogP contribution in [0.5, 0.6) is 0 Å². The molecule has 2 aromatic rings. The summed E-state index contributed by atoms with van der Waals surface area (Å²) in [5.74, 6) is 1.07. The van der Waals surface area contributed by atoms with E-state index < -0.39 is 0 Å². The molecule has 1 heterocycles. The molecule has 0 saturated heterocycles. The Kier molecular flexibility index (Phi) is 3.25. The van der Waals surface area contributed by atoms with E-state index in [2.05, 4.69) is 5.32 Å². The quantitative estimate of drug-likeness (QED) is 0.852. The van der Waals surface area contributed by atoms with Gasteiger partial charge in [0.25, 0.3) is 0 Å². The fraction of sp³-hybridized carbons (Fsp3) is 0.154. The summed E-state index contributed by atoms with van der Waals surface area (Å²) in [6.07, 6.45) is 0. The molecule has 2 N–H and O–H groups in total. The van der Waals surface area contributed by atoms with Gasteiger partial charge in [0.1, 0.15) is 18.1 Å². The minimum atomic E-state index is -0.120. The van der Waals surface area contributed by atoms with Gasteiger partial charge in [0.15, 0.2) is 0 Å². The summed E-state index contributed by atoms with van der Waals surface area (Å²) in [5, 5.41) is 11.6. The highest BCUT2D eigenvalue weighted by Gasteiger charge is 2.05. The number of amides is 1. The Labute approximate surface area is 98.9 Å². The predicted molar refractivity (Wildman–Crippen MR) is 64.4 cm³/mol. The Morgan fingerprint density at radius 3 is 2.82 bits per heavy atom. The van der Waals surface area contributed by atoms with Crippen LogP contribution >= 0.6 is 0 Å². The van der Waals surface area contributed by atoms with Crippen LogP contribution in [0.25, 0.3) is 11.3 Å². The molecule has 17 heavy (non-hydrogen) atoms. The maximum Gasteiger partial charge on any atom is 0.221 e. The SMILES string of the molecule is CC(=O)Nc1cccc(-c2ccc(CO)o2)c1. The normalized spacial score (nSPS) is 10.2. The maximum absolute atomic E-state index is 10.9. The van der Waals surface area contributed by atoms with Crippen LogP contribution in [0.2, 0.25) is 0 Å². The standard InChI is InChI=1S/C13H13NO3/c1-9(16)14-11-4-2-3-10(7-11)13-6-5-12(8-15)17-13/h2-7,15H,8H2,1H3,(H,14,16). The van der Waals surface area contributed by atoms with E-state index in [4.69, 9.17) is 9.52 Å². The summed E-state index contributed by atoms with van der Waals surface area (Å²) < 4.78 is 5.42. The molecule has 0 saturated carbocycles. The molecule has 0 aliphatic rings. The van der Waals surface area contributed by atoms with Crippen molar-refractivity contribution in [1.82, 2.24) is 0 Å². The largest absolute Gasteiger partial charge is 0.459 e. The Balaban J connectivity index is 2.29. The molecule has 0 fully saturated rings. The van der Waals surface area contributed by atoms with Crippen LogP contribution in [0.15, 0.2) is 40.8 Å². The monoisotopic (exact) mass is 231 g/mol. The molecule has 0 spiro atoms. The molecule has 0 atom stereocenters. The van der Waals surface area contributed by atoms with Gasteiger partial charge in [0, 0.05) is 18.2 Å². The van der Waals surface area contributed by atoms with Crippen LogP contribution < -0.4 is 5.32 Å². The van der Waals surface area contributed by atoms with Crippen LogP contribution in [0.3, 0.4) is 0 Å². The lowest BCUT2D eigenvalue weighted by molar-refractivity contribution is -0.114. The zero-order chi connectivity index (χ0) is 12.3. The second kappa shape index (κ2) is 4.84. The molecular weight excluding hydrogens is 218 g/mol. The molecule has 0 bridgehead atoms. The summed E-state index contributed by atoms with van der Waals surface area (Å²) in [7, 11) is 0. The molecule has 1 aromatic heterocycles. The van der Waals surface area contributed by atoms with E-state index in [-0.39, 0.29) is 12.5 Å². The van der Waals surface area contributed by atoms with Crippen LogP contribution in [-0.2, 0) is 11.4 Å². The number of nitrogens with one attached hydrogen (secondary N) is 1. The Bertz CT molecular complexity index is 531. The Morgan fingerprint density at radius 2 is 2.18 bits per heavy atom. The highest BCUT2D eigenvalue weighted by Crippen LogP contribution is 2.24. The van der Waals surface area contributed by atoms with E-state index in [1.807, 2.05) is 18.2 Å². The summed E-state index contributed by atoms with van der Waals surface area (Å²) >= 11 is 0. The first-order valence-electron chi connectivity index (χ1n) is 5.26. The third-order valence-corrected chi connectivity index (χ3v) is 2.28. The third-order valence-electron chi connectivity index (χ3n) is 2.28. The average Bonchev–Trinajstić information content (AvgIpc) is 2.77. The average molecular weight is 231 g/mol. The van der Waals surface area contributed by atoms with Gasteiger partial charge in [-0.25, -0.2) is 0 Å². The first kappa shape index (κ1) is 11.4. The zero-order valence-corrected chi connectivity index (χ0v) is 9.43. The number of furan rings is 1. The van der Waals surface area contributed by atoms with Gasteiger partial charge < -0.3 is 14.8 Å². The van der Waals surface area contributed by atoms with Crippen molar-refractivity contribution in [3.05, 3.63) is 42.2 Å². The minimum absolute atomic E-state index is 0.113. The van der Waals surface area contributed by atoms with E-state index >= 15 is 0 Å². The lowest BCUT2D eigenvalue weighted by Crippen LogP contribution is -2.05. The van der Waals surface area contributed by atoms with Crippen molar-refractivity contribution in [2.75, 3.05) is 5.32 Å². The molecule has 1 amide bonds. The van der Waals surface area contributed by atoms with Gasteiger partial charge in [-0.15, -0.1) is 0 Å². The number of rotatable bonds is 3. The topological polar surface area (TPSA) is 62.5 Å². The predicted octanol–water partition coefficient (Wildman–Crippen LogP) is 2.40. The summed E-state index contributed by atoms with van der Waals surface area (Å²) in [4.78, 5) is 10.9. The number of aliphatic hydroxyl groups is 1. The van der Waals surface area contributed by atoms with E-state index in [0.29, 0.717) is 11.5 Å². The van der Waals surface area contributed by atoms with Crippen LogP contribution in [0.4, 0.5) is 5.69 Å². The van der Waals surface area contributed by atoms with E-state index in [0.717, 1.165) is 11.3 Å². The molecule has 0 aliphatic heterocycles. The maximum atomic E-state index is 10.9. The first-order chi connectivity index (χ1) is 8.19. The molecule has 1 aromatic carbocycles. The molecule has 0 unspecified atom stereocenters. The Morgan fingerprint density at radius 1 is 1.35 bits per heavy atom. The van der Waals surface area contributed by atoms with Crippen molar-refractivity contribution < 1.29 is 14.3 Å². The summed E-state index contributed by atoms with van der Waals surface area (Å²) in [5.41, 5.74) is 1.58. The van der Waals surface area contributed by atoms with Crippen LogP contribution in [0.1, 0.15) is 12.7 Å². The van der Waals surface area contributed by atoms with Crippen molar-refractivity contribution in [2.24, 2.45) is 0 Å². The van der Waals surface area contributed by atoms with Gasteiger partial charge in [-0.05, 0) is 24.3 Å². The van der Waals surface area contributed by atoms with Crippen molar-refractivity contribution in [3.63, 3.8) is 0 Å². The number of aliphatic hydroxyl groups excluding tert-OH is 1. The number of carbonyl (C=O) groups is 1. The minimum Gasteiger partial charge on any atom is -0.459 e. The van der Waals surface area contributed by atoms with E-state index in [1.165, 1.54) is 6.92 Å². The smallest absolute Gasteiger partial charge is 0.221 e. The fourth-order valence-corrected chi connectivity index (χ4v) is 1.57. The zero-order valence-electron chi connectivity index (χ0n) is 9.43. The number of anilines is 1. The van der Waals surface area contributed by atoms with Gasteiger partial charge in [-0.2, -0.15) is 0 Å². The van der Waals surface area contributed by atoms with Gasteiger partial charge in [0.2, 0.25) is 5.91 Å². The van der Waals surface area contributed by atoms with Gasteiger partial charge in [-0.1, -0.05) is 12.1 Å². The number of carbonyl (C=O) groups excluding carboxylic acids is 1. The number of hydrogen-bond acceptors (Lipinski definition) is 3. The number of hydrogen-bond donors (Lipinski definition) is 2. The summed E-state index contributed by atoms with van der Waals surface area (Å²) in [6, 6.07) is 10.9. The lowest BCUT2D eigenvalue weighted by Gasteiger charge is -2.03. The van der Waals surface area contributed by atoms with Gasteiger partial charge >= 0.3 is 0 Å². The number of benzene rings is 1. The van der Waals surface area contributed by atoms with Crippen LogP contribution in [-0.4, -0.2) is 11.0 Å². The van der Waals surface area contributed by atoms with Gasteiger partial charge in [0.05, 0.1) is 0 Å². The fourth-order valence-electron chi connectivity index (χ4n) is 1.57. The molecule has 4 heteroatoms. The highest BCUT2D eigenvalue weighted by molar-refractivity contribution is 5.89. The van der Waals surface area contributed by atoms with Crippen molar-refractivity contribution >= 4 is 11.6 Å².